The van der Waals surface area contributed by atoms with Crippen molar-refractivity contribution < 1.29 is 12.4 Å². The first kappa shape index (κ1) is 14.8. The van der Waals surface area contributed by atoms with Crippen molar-refractivity contribution in [2.75, 3.05) is 13.1 Å². The molecule has 1 heterocycles. The molecular weight excluding hydrogens is 296 g/mol. The second kappa shape index (κ2) is 5.57. The predicted octanol–water partition coefficient (Wildman–Crippen LogP) is 2.05. The average molecular weight is 315 g/mol. The van der Waals surface area contributed by atoms with Gasteiger partial charge in [0.1, 0.15) is 18.0 Å². The highest BCUT2D eigenvalue weighted by Crippen LogP contribution is 2.18. The largest absolute Gasteiger partial charge is 0.331 e. The Labute approximate surface area is 131 Å². The Kier molecular flexibility index (Phi) is 3.74. The van der Waals surface area contributed by atoms with Gasteiger partial charge in [0.25, 0.3) is 5.84 Å². The number of hydrogen-bond acceptors (Lipinski definition) is 3. The van der Waals surface area contributed by atoms with Crippen LogP contribution in [-0.2, 0) is 10.0 Å². The molecule has 0 aliphatic carbocycles. The average Bonchev–Trinajstić information content (AvgIpc) is 3.01. The molecule has 114 valence electrons. The van der Waals surface area contributed by atoms with Crippen LogP contribution in [0.15, 0.2) is 53.4 Å². The van der Waals surface area contributed by atoms with Gasteiger partial charge < -0.3 is 0 Å². The van der Waals surface area contributed by atoms with Gasteiger partial charge in [0, 0.05) is 0 Å². The van der Waals surface area contributed by atoms with Gasteiger partial charge >= 0.3 is 10.0 Å². The molecule has 4 nitrogen and oxygen atoms in total. The molecule has 2 aromatic carbocycles. The molecule has 0 aromatic heterocycles. The van der Waals surface area contributed by atoms with E-state index >= 15 is 0 Å². The summed E-state index contributed by atoms with van der Waals surface area (Å²) in [7, 11) is -3.54. The third-order valence-electron chi connectivity index (χ3n) is 3.97. The highest BCUT2D eigenvalue weighted by molar-refractivity contribution is 7.85. The normalized spacial score (nSPS) is 15.0. The van der Waals surface area contributed by atoms with Gasteiger partial charge in [0.2, 0.25) is 0 Å². The fourth-order valence-corrected chi connectivity index (χ4v) is 4.12. The molecule has 1 aliphatic heterocycles. The summed E-state index contributed by atoms with van der Waals surface area (Å²) < 4.78 is 27.4. The second-order valence-corrected chi connectivity index (χ2v) is 7.33. The summed E-state index contributed by atoms with van der Waals surface area (Å²) >= 11 is 0. The van der Waals surface area contributed by atoms with Gasteiger partial charge in [0.05, 0.1) is 5.56 Å². The summed E-state index contributed by atoms with van der Waals surface area (Å²) in [6.45, 7) is 4.97. The van der Waals surface area contributed by atoms with Crippen LogP contribution in [0.2, 0.25) is 0 Å². The fourth-order valence-electron chi connectivity index (χ4n) is 2.56. The number of rotatable bonds is 3. The number of hydrogen-bond donors (Lipinski definition) is 1. The molecule has 0 saturated heterocycles. The van der Waals surface area contributed by atoms with Crippen molar-refractivity contribution in [2.24, 2.45) is 0 Å². The van der Waals surface area contributed by atoms with E-state index in [1.54, 1.807) is 12.1 Å². The fraction of sp³-hybridized carbons (Fsp3) is 0.235. The van der Waals surface area contributed by atoms with E-state index in [0.717, 1.165) is 16.7 Å². The minimum absolute atomic E-state index is 0.340. The Bertz CT molecular complexity index is 840. The van der Waals surface area contributed by atoms with E-state index in [1.165, 1.54) is 3.98 Å². The Morgan fingerprint density at radius 2 is 1.73 bits per heavy atom. The smallest absolute Gasteiger partial charge is 0.269 e. The summed E-state index contributed by atoms with van der Waals surface area (Å²) in [5.74, 6) is 0.652. The van der Waals surface area contributed by atoms with Gasteiger partial charge in [-0.25, -0.2) is 0 Å². The Morgan fingerprint density at radius 1 is 1.00 bits per heavy atom. The molecule has 2 aromatic rings. The van der Waals surface area contributed by atoms with E-state index in [9.17, 15) is 8.42 Å². The molecule has 0 atom stereocenters. The second-order valence-electron chi connectivity index (χ2n) is 5.46. The molecule has 5 heteroatoms. The van der Waals surface area contributed by atoms with Crippen molar-refractivity contribution in [3.8, 4) is 0 Å². The zero-order valence-electron chi connectivity index (χ0n) is 12.7. The van der Waals surface area contributed by atoms with Crippen molar-refractivity contribution in [3.05, 3.63) is 65.2 Å². The molecule has 1 aliphatic rings. The lowest BCUT2D eigenvalue weighted by Crippen LogP contribution is -2.28. The lowest BCUT2D eigenvalue weighted by atomic mass is 10.1. The molecule has 0 radical (unpaired) electrons. The summed E-state index contributed by atoms with van der Waals surface area (Å²) in [6, 6.07) is 14.8. The van der Waals surface area contributed by atoms with Gasteiger partial charge in [0.15, 0.2) is 0 Å². The molecule has 1 N–H and O–H groups in total. The minimum Gasteiger partial charge on any atom is -0.269 e. The third-order valence-corrected chi connectivity index (χ3v) is 5.77. The summed E-state index contributed by atoms with van der Waals surface area (Å²) in [5.41, 5.74) is 2.95. The molecule has 3 rings (SSSR count). The van der Waals surface area contributed by atoms with Crippen LogP contribution < -0.4 is 5.32 Å². The van der Waals surface area contributed by atoms with Gasteiger partial charge in [-0.15, -0.1) is 3.98 Å². The number of amidine groups is 1. The number of aryl methyl sites for hydroxylation is 2. The first-order valence-corrected chi connectivity index (χ1v) is 8.70. The maximum absolute atomic E-state index is 12.9. The Balaban J connectivity index is 2.13. The van der Waals surface area contributed by atoms with Crippen LogP contribution in [0.25, 0.3) is 0 Å². The SMILES string of the molecule is Cc1ccc(S(=O)(=O)[N+]2=C(c3ccccc3)NCC2)cc1C. The number of benzene rings is 2. The van der Waals surface area contributed by atoms with Crippen LogP contribution in [0, 0.1) is 13.8 Å². The van der Waals surface area contributed by atoms with Crippen LogP contribution in [0.4, 0.5) is 0 Å². The van der Waals surface area contributed by atoms with Gasteiger partial charge in [-0.2, -0.15) is 8.42 Å². The highest BCUT2D eigenvalue weighted by Gasteiger charge is 2.33. The minimum atomic E-state index is -3.54. The maximum atomic E-state index is 12.9. The van der Waals surface area contributed by atoms with E-state index in [0.29, 0.717) is 23.8 Å². The Morgan fingerprint density at radius 3 is 2.41 bits per heavy atom. The van der Waals surface area contributed by atoms with E-state index in [2.05, 4.69) is 5.32 Å². The summed E-state index contributed by atoms with van der Waals surface area (Å²) in [5, 5.41) is 3.19. The molecule has 0 saturated carbocycles. The van der Waals surface area contributed by atoms with Crippen molar-refractivity contribution in [3.63, 3.8) is 0 Å². The summed E-state index contributed by atoms with van der Waals surface area (Å²) in [4.78, 5) is 0.340. The number of sulfonamides is 1. The molecule has 0 unspecified atom stereocenters. The molecule has 0 bridgehead atoms. The van der Waals surface area contributed by atoms with Gasteiger partial charge in [-0.05, 0) is 49.2 Å². The quantitative estimate of drug-likeness (QED) is 0.882. The van der Waals surface area contributed by atoms with E-state index in [4.69, 9.17) is 0 Å². The first-order chi connectivity index (χ1) is 10.5. The highest BCUT2D eigenvalue weighted by atomic mass is 32.2. The first-order valence-electron chi connectivity index (χ1n) is 7.26. The molecular formula is C17H19N2O2S+. The van der Waals surface area contributed by atoms with Gasteiger partial charge in [-0.3, -0.25) is 5.32 Å². The van der Waals surface area contributed by atoms with E-state index in [1.807, 2.05) is 50.2 Å². The number of nitrogens with zero attached hydrogens (tertiary/aromatic N) is 1. The lowest BCUT2D eigenvalue weighted by molar-refractivity contribution is -0.352. The topological polar surface area (TPSA) is 49.2 Å². The van der Waals surface area contributed by atoms with Gasteiger partial charge in [-0.1, -0.05) is 24.3 Å². The zero-order chi connectivity index (χ0) is 15.7. The van der Waals surface area contributed by atoms with E-state index in [-0.39, 0.29) is 0 Å². The van der Waals surface area contributed by atoms with Crippen molar-refractivity contribution >= 4 is 15.9 Å². The molecule has 0 spiro atoms. The van der Waals surface area contributed by atoms with Crippen molar-refractivity contribution in [1.82, 2.24) is 5.32 Å². The number of nitrogens with one attached hydrogen (secondary N) is 1. The molecule has 0 fully saturated rings. The van der Waals surface area contributed by atoms with Crippen LogP contribution >= 0.6 is 0 Å². The van der Waals surface area contributed by atoms with Crippen molar-refractivity contribution in [2.45, 2.75) is 18.7 Å². The maximum Gasteiger partial charge on any atom is 0.331 e. The lowest BCUT2D eigenvalue weighted by Gasteiger charge is -2.08. The molecule has 22 heavy (non-hydrogen) atoms. The van der Waals surface area contributed by atoms with E-state index < -0.39 is 10.0 Å². The van der Waals surface area contributed by atoms with Crippen molar-refractivity contribution in [1.29, 1.82) is 0 Å². The predicted molar refractivity (Wildman–Crippen MR) is 86.8 cm³/mol. The van der Waals surface area contributed by atoms with Crippen LogP contribution in [-0.4, -0.2) is 31.3 Å². The Hall–Kier alpha value is -2.14. The standard InChI is InChI=1S/C17H18N2O2S/c1-13-8-9-16(12-14(13)2)22(20,21)19-11-10-18-17(19)15-6-4-3-5-7-15/h3-9,12H,10-11H2,1-2H3/p+1. The third kappa shape index (κ3) is 2.52. The van der Waals surface area contributed by atoms with Crippen LogP contribution in [0.3, 0.4) is 0 Å². The molecule has 0 amide bonds. The van der Waals surface area contributed by atoms with Crippen LogP contribution in [0.5, 0.6) is 0 Å². The zero-order valence-corrected chi connectivity index (χ0v) is 13.5. The summed E-state index contributed by atoms with van der Waals surface area (Å²) in [6.07, 6.45) is 0. The van der Waals surface area contributed by atoms with Crippen LogP contribution in [0.1, 0.15) is 16.7 Å². The monoisotopic (exact) mass is 315 g/mol.